The molecule has 0 aliphatic heterocycles. The average Bonchev–Trinajstić information content (AvgIpc) is 3.45. The Balaban J connectivity index is 0.000000529. The summed E-state index contributed by atoms with van der Waals surface area (Å²) < 4.78 is 0. The molecule has 0 amide bonds. The van der Waals surface area contributed by atoms with Crippen LogP contribution in [-0.2, 0) is 39.0 Å². The van der Waals surface area contributed by atoms with Gasteiger partial charge in [-0.3, -0.25) is 21.6 Å². The molecule has 162 valence electrons. The number of aryl methyl sites for hydroxylation is 2. The molecule has 4 rings (SSSR count). The normalized spacial score (nSPS) is 13.0. The van der Waals surface area contributed by atoms with Crippen LogP contribution < -0.4 is 0 Å². The van der Waals surface area contributed by atoms with E-state index in [1.54, 1.807) is 0 Å². The Labute approximate surface area is 205 Å². The van der Waals surface area contributed by atoms with E-state index in [4.69, 9.17) is 0 Å². The molecule has 0 aromatic heterocycles. The van der Waals surface area contributed by atoms with Gasteiger partial charge in [0.1, 0.15) is 0 Å². The second-order valence-corrected chi connectivity index (χ2v) is 7.30. The number of hydrogen-bond acceptors (Lipinski definition) is 0. The van der Waals surface area contributed by atoms with Crippen molar-refractivity contribution >= 4 is 0 Å². The summed E-state index contributed by atoms with van der Waals surface area (Å²) in [5.74, 6) is 0. The zero-order valence-corrected chi connectivity index (χ0v) is 20.5. The van der Waals surface area contributed by atoms with Crippen molar-refractivity contribution in [2.45, 2.75) is 51.4 Å². The fourth-order valence-corrected chi connectivity index (χ4v) is 3.50. The van der Waals surface area contributed by atoms with Crippen LogP contribution in [-0.4, -0.2) is 0 Å². The molecule has 2 aromatic carbocycles. The Morgan fingerprint density at radius 1 is 0.548 bits per heavy atom. The molecular formula is C28H32F2Zr. The molecule has 2 aromatic rings. The minimum atomic E-state index is 0. The van der Waals surface area contributed by atoms with E-state index >= 15 is 0 Å². The molecule has 0 saturated carbocycles. The molecule has 31 heavy (non-hydrogen) atoms. The summed E-state index contributed by atoms with van der Waals surface area (Å²) in [6.45, 7) is 0. The summed E-state index contributed by atoms with van der Waals surface area (Å²) in [6.07, 6.45) is 24.7. The standard InChI is InChI=1S/2C14H15.2FH.Zr/c2*1-2-7-13(8-3-1)11-6-12-14-9-4-5-10-14;;;/h2*1-4,7-9H,5-6,11-12H2;2*1H;/q2*-1;;;+2. The third-order valence-electron chi connectivity index (χ3n) is 5.04. The molecule has 0 spiro atoms. The number of hydrogen-bond donors (Lipinski definition) is 0. The van der Waals surface area contributed by atoms with Gasteiger partial charge in [0, 0.05) is 0 Å². The van der Waals surface area contributed by atoms with Crippen molar-refractivity contribution in [2.24, 2.45) is 0 Å². The van der Waals surface area contributed by atoms with Crippen molar-refractivity contribution in [3.63, 3.8) is 0 Å². The molecule has 2 aliphatic rings. The fraction of sp³-hybridized carbons (Fsp3) is 0.286. The van der Waals surface area contributed by atoms with Gasteiger partial charge in [-0.1, -0.05) is 73.5 Å². The molecule has 0 saturated heterocycles. The van der Waals surface area contributed by atoms with Gasteiger partial charge < -0.3 is 0 Å². The summed E-state index contributed by atoms with van der Waals surface area (Å²) in [6, 6.07) is 21.4. The summed E-state index contributed by atoms with van der Waals surface area (Å²) in [5.41, 5.74) is 5.66. The molecule has 0 N–H and O–H groups in total. The molecule has 0 unspecified atom stereocenters. The van der Waals surface area contributed by atoms with Crippen LogP contribution in [0.1, 0.15) is 49.7 Å². The van der Waals surface area contributed by atoms with Gasteiger partial charge in [0.25, 0.3) is 0 Å². The van der Waals surface area contributed by atoms with Gasteiger partial charge in [0.05, 0.1) is 0 Å². The van der Waals surface area contributed by atoms with E-state index in [9.17, 15) is 0 Å². The number of allylic oxidation sites excluding steroid dienone is 8. The quantitative estimate of drug-likeness (QED) is 0.328. The van der Waals surface area contributed by atoms with E-state index in [2.05, 4.69) is 97.1 Å². The van der Waals surface area contributed by atoms with Crippen LogP contribution in [0.15, 0.2) is 96.1 Å². The number of benzene rings is 2. The fourth-order valence-electron chi connectivity index (χ4n) is 3.50. The summed E-state index contributed by atoms with van der Waals surface area (Å²) in [5, 5.41) is 0. The van der Waals surface area contributed by atoms with E-state index in [1.165, 1.54) is 60.8 Å². The number of halogens is 2. The second kappa shape index (κ2) is 17.8. The SMILES string of the molecule is F.F.[C-]1=C(CCCc2ccccc2)C=CC1.[C-]1=C(CCCc2ccccc2)C=CC1.[Zr+2]. The predicted molar refractivity (Wildman–Crippen MR) is 125 cm³/mol. The third kappa shape index (κ3) is 11.9. The van der Waals surface area contributed by atoms with Crippen LogP contribution in [0.2, 0.25) is 0 Å². The Hall–Kier alpha value is -1.86. The molecule has 2 aliphatic carbocycles. The molecule has 0 atom stereocenters. The first-order valence-electron chi connectivity index (χ1n) is 10.5. The van der Waals surface area contributed by atoms with Gasteiger partial charge in [0.15, 0.2) is 0 Å². The van der Waals surface area contributed by atoms with E-state index in [0.717, 1.165) is 12.8 Å². The smallest absolute Gasteiger partial charge is 0.269 e. The Morgan fingerprint density at radius 2 is 0.935 bits per heavy atom. The van der Waals surface area contributed by atoms with E-state index in [0.29, 0.717) is 0 Å². The topological polar surface area (TPSA) is 0 Å². The zero-order chi connectivity index (χ0) is 19.3. The Morgan fingerprint density at radius 3 is 1.26 bits per heavy atom. The van der Waals surface area contributed by atoms with Gasteiger partial charge in [-0.2, -0.15) is 12.2 Å². The first kappa shape index (κ1) is 29.1. The minimum absolute atomic E-state index is 0. The van der Waals surface area contributed by atoms with Crippen molar-refractivity contribution in [2.75, 3.05) is 0 Å². The van der Waals surface area contributed by atoms with Gasteiger partial charge in [0.2, 0.25) is 0 Å². The average molecular weight is 498 g/mol. The van der Waals surface area contributed by atoms with Crippen molar-refractivity contribution in [3.05, 3.63) is 119 Å². The molecule has 0 fully saturated rings. The molecule has 0 heterocycles. The minimum Gasteiger partial charge on any atom is -0.269 e. The molecule has 0 radical (unpaired) electrons. The van der Waals surface area contributed by atoms with Crippen LogP contribution in [0.3, 0.4) is 0 Å². The van der Waals surface area contributed by atoms with Crippen LogP contribution in [0.25, 0.3) is 0 Å². The van der Waals surface area contributed by atoms with E-state index < -0.39 is 0 Å². The van der Waals surface area contributed by atoms with Crippen molar-refractivity contribution < 1.29 is 35.6 Å². The van der Waals surface area contributed by atoms with E-state index in [-0.39, 0.29) is 35.6 Å². The predicted octanol–water partition coefficient (Wildman–Crippen LogP) is 7.70. The summed E-state index contributed by atoms with van der Waals surface area (Å²) in [4.78, 5) is 0. The van der Waals surface area contributed by atoms with E-state index in [1.807, 2.05) is 0 Å². The molecule has 3 heteroatoms. The van der Waals surface area contributed by atoms with Crippen molar-refractivity contribution in [1.29, 1.82) is 0 Å². The Kier molecular flexibility index (Phi) is 16.7. The summed E-state index contributed by atoms with van der Waals surface area (Å²) >= 11 is 0. The first-order chi connectivity index (χ1) is 13.9. The van der Waals surface area contributed by atoms with Crippen molar-refractivity contribution in [3.8, 4) is 0 Å². The second-order valence-electron chi connectivity index (χ2n) is 7.30. The third-order valence-corrected chi connectivity index (χ3v) is 5.04. The summed E-state index contributed by atoms with van der Waals surface area (Å²) in [7, 11) is 0. The van der Waals surface area contributed by atoms with Gasteiger partial charge in [-0.25, -0.2) is 23.3 Å². The van der Waals surface area contributed by atoms with Gasteiger partial charge in [-0.15, -0.1) is 12.8 Å². The maximum absolute atomic E-state index is 3.35. The van der Waals surface area contributed by atoms with Crippen LogP contribution in [0.4, 0.5) is 9.41 Å². The van der Waals surface area contributed by atoms with Crippen molar-refractivity contribution in [1.82, 2.24) is 0 Å². The first-order valence-corrected chi connectivity index (χ1v) is 10.5. The van der Waals surface area contributed by atoms with Crippen LogP contribution in [0, 0.1) is 12.2 Å². The van der Waals surface area contributed by atoms with Gasteiger partial charge >= 0.3 is 26.2 Å². The maximum atomic E-state index is 3.35. The Bertz CT molecular complexity index is 749. The molecule has 0 nitrogen and oxygen atoms in total. The monoisotopic (exact) mass is 496 g/mol. The van der Waals surface area contributed by atoms with Crippen LogP contribution >= 0.6 is 0 Å². The largest absolute Gasteiger partial charge is 2.00 e. The maximum Gasteiger partial charge on any atom is 2.00 e. The zero-order valence-electron chi connectivity index (χ0n) is 18.1. The molecular weight excluding hydrogens is 466 g/mol. The molecule has 0 bridgehead atoms. The van der Waals surface area contributed by atoms with Crippen LogP contribution in [0.5, 0.6) is 0 Å². The number of rotatable bonds is 8. The van der Waals surface area contributed by atoms with Gasteiger partial charge in [-0.05, 0) is 36.8 Å².